The van der Waals surface area contributed by atoms with Gasteiger partial charge < -0.3 is 15.1 Å². The van der Waals surface area contributed by atoms with Gasteiger partial charge in [-0.2, -0.15) is 0 Å². The van der Waals surface area contributed by atoms with E-state index in [-0.39, 0.29) is 12.5 Å². The van der Waals surface area contributed by atoms with Crippen molar-refractivity contribution in [1.29, 1.82) is 0 Å². The van der Waals surface area contributed by atoms with Crippen molar-refractivity contribution in [2.24, 2.45) is 4.99 Å². The average molecular weight is 238 g/mol. The van der Waals surface area contributed by atoms with E-state index in [9.17, 15) is 4.79 Å². The lowest BCUT2D eigenvalue weighted by molar-refractivity contribution is -0.123. The highest BCUT2D eigenvalue weighted by Crippen LogP contribution is 2.04. The molecule has 8 heteroatoms. The second kappa shape index (κ2) is 4.81. The lowest BCUT2D eigenvalue weighted by atomic mass is 10.4. The summed E-state index contributed by atoms with van der Waals surface area (Å²) in [7, 11) is 3.40. The summed E-state index contributed by atoms with van der Waals surface area (Å²) in [6.45, 7) is 0.797. The van der Waals surface area contributed by atoms with Crippen molar-refractivity contribution in [3.8, 4) is 0 Å². The molecule has 0 fully saturated rings. The molecule has 0 bridgehead atoms. The summed E-state index contributed by atoms with van der Waals surface area (Å²) < 4.78 is 5.25. The fraction of sp³-hybridized carbons (Fsp3) is 0.556. The smallest absolute Gasteiger partial charge is 0.315 e. The number of nitrogens with one attached hydrogen (secondary N) is 2. The molecule has 1 amide bonds. The van der Waals surface area contributed by atoms with Crippen LogP contribution in [0.2, 0.25) is 0 Å². The van der Waals surface area contributed by atoms with Crippen LogP contribution in [0.1, 0.15) is 5.89 Å². The largest absolute Gasteiger partial charge is 0.408 e. The topological polar surface area (TPSA) is 95.7 Å². The first-order chi connectivity index (χ1) is 8.20. The number of guanidine groups is 1. The van der Waals surface area contributed by atoms with Crippen molar-refractivity contribution in [1.82, 2.24) is 20.4 Å². The first-order valence-electron chi connectivity index (χ1n) is 5.25. The average Bonchev–Trinajstić information content (AvgIpc) is 2.90. The lowest BCUT2D eigenvalue weighted by Gasteiger charge is -2.12. The molecule has 0 saturated heterocycles. The molecule has 0 radical (unpaired) electrons. The van der Waals surface area contributed by atoms with E-state index in [4.69, 9.17) is 4.42 Å². The molecule has 2 N–H and O–H groups in total. The van der Waals surface area contributed by atoms with E-state index in [1.807, 2.05) is 0 Å². The van der Waals surface area contributed by atoms with Gasteiger partial charge in [-0.1, -0.05) is 5.10 Å². The van der Waals surface area contributed by atoms with E-state index in [1.54, 1.807) is 14.1 Å². The first kappa shape index (κ1) is 11.4. The van der Waals surface area contributed by atoms with Crippen LogP contribution in [-0.4, -0.2) is 54.1 Å². The monoisotopic (exact) mass is 238 g/mol. The van der Waals surface area contributed by atoms with Crippen molar-refractivity contribution >= 4 is 17.9 Å². The summed E-state index contributed by atoms with van der Waals surface area (Å²) in [6, 6.07) is 0.394. The number of rotatable bonds is 4. The molecule has 0 aromatic carbocycles. The highest BCUT2D eigenvalue weighted by Gasteiger charge is 2.20. The predicted octanol–water partition coefficient (Wildman–Crippen LogP) is -0.929. The Labute approximate surface area is 98.1 Å². The van der Waals surface area contributed by atoms with E-state index >= 15 is 0 Å². The third kappa shape index (κ3) is 2.52. The van der Waals surface area contributed by atoms with E-state index in [2.05, 4.69) is 25.8 Å². The van der Waals surface area contributed by atoms with Gasteiger partial charge in [-0.15, -0.1) is 5.10 Å². The second-order valence-electron chi connectivity index (χ2n) is 3.52. The van der Waals surface area contributed by atoms with Crippen molar-refractivity contribution in [3.63, 3.8) is 0 Å². The Bertz CT molecular complexity index is 440. The number of amides is 1. The van der Waals surface area contributed by atoms with Crippen molar-refractivity contribution < 1.29 is 9.21 Å². The van der Waals surface area contributed by atoms with Crippen LogP contribution in [0.25, 0.3) is 0 Å². The number of anilines is 1. The van der Waals surface area contributed by atoms with Crippen molar-refractivity contribution in [2.45, 2.75) is 6.42 Å². The maximum Gasteiger partial charge on any atom is 0.315 e. The molecule has 1 aliphatic rings. The van der Waals surface area contributed by atoms with Gasteiger partial charge in [0.15, 0.2) is 0 Å². The quantitative estimate of drug-likeness (QED) is 0.703. The Hall–Kier alpha value is -2.12. The SMILES string of the molecule is CNc1nnc(CCNC2=NCC(=O)N2C)o1. The van der Waals surface area contributed by atoms with Crippen LogP contribution in [0, 0.1) is 0 Å². The van der Waals surface area contributed by atoms with Crippen LogP contribution in [-0.2, 0) is 11.2 Å². The number of nitrogens with zero attached hydrogens (tertiary/aromatic N) is 4. The molecule has 1 aliphatic heterocycles. The van der Waals surface area contributed by atoms with Crippen LogP contribution in [0.4, 0.5) is 6.01 Å². The molecular weight excluding hydrogens is 224 g/mol. The third-order valence-electron chi connectivity index (χ3n) is 2.36. The minimum atomic E-state index is -0.0113. The highest BCUT2D eigenvalue weighted by atomic mass is 16.4. The zero-order chi connectivity index (χ0) is 12.3. The molecule has 0 atom stereocenters. The standard InChI is InChI=1S/C9H14N6O2/c1-10-9-14-13-6(17-9)3-4-11-8-12-5-7(16)15(8)2/h3-5H2,1-2H3,(H,10,14)(H,11,12). The summed E-state index contributed by atoms with van der Waals surface area (Å²) in [6.07, 6.45) is 0.579. The van der Waals surface area contributed by atoms with E-state index in [1.165, 1.54) is 4.90 Å². The molecule has 0 spiro atoms. The van der Waals surface area contributed by atoms with Crippen LogP contribution in [0.3, 0.4) is 0 Å². The van der Waals surface area contributed by atoms with Gasteiger partial charge in [0.25, 0.3) is 5.91 Å². The molecule has 2 rings (SSSR count). The number of carbonyl (C=O) groups is 1. The normalized spacial score (nSPS) is 15.1. The van der Waals surface area contributed by atoms with Gasteiger partial charge in [-0.05, 0) is 0 Å². The molecule has 0 unspecified atom stereocenters. The maximum atomic E-state index is 11.2. The minimum absolute atomic E-state index is 0.0113. The maximum absolute atomic E-state index is 11.2. The van der Waals surface area contributed by atoms with Crippen LogP contribution >= 0.6 is 0 Å². The van der Waals surface area contributed by atoms with Gasteiger partial charge in [0, 0.05) is 27.1 Å². The fourth-order valence-electron chi connectivity index (χ4n) is 1.38. The van der Waals surface area contributed by atoms with Crippen LogP contribution in [0.5, 0.6) is 0 Å². The van der Waals surface area contributed by atoms with Crippen LogP contribution < -0.4 is 10.6 Å². The Morgan fingerprint density at radius 3 is 2.88 bits per heavy atom. The van der Waals surface area contributed by atoms with Crippen LogP contribution in [0.15, 0.2) is 9.41 Å². The summed E-state index contributed by atoms with van der Waals surface area (Å²) in [5, 5.41) is 13.4. The third-order valence-corrected chi connectivity index (χ3v) is 2.36. The molecule has 1 aromatic rings. The van der Waals surface area contributed by atoms with Gasteiger partial charge in [-0.25, -0.2) is 4.99 Å². The molecule has 0 saturated carbocycles. The molecule has 0 aliphatic carbocycles. The minimum Gasteiger partial charge on any atom is -0.408 e. The zero-order valence-electron chi connectivity index (χ0n) is 9.73. The Kier molecular flexibility index (Phi) is 3.22. The molecule has 92 valence electrons. The van der Waals surface area contributed by atoms with Crippen molar-refractivity contribution in [3.05, 3.63) is 5.89 Å². The zero-order valence-corrected chi connectivity index (χ0v) is 9.73. The number of hydrogen-bond donors (Lipinski definition) is 2. The molecule has 1 aromatic heterocycles. The Morgan fingerprint density at radius 2 is 2.29 bits per heavy atom. The molecular formula is C9H14N6O2. The number of likely N-dealkylation sites (N-methyl/N-ethyl adjacent to an activating group) is 1. The van der Waals surface area contributed by atoms with E-state index in [0.717, 1.165) is 0 Å². The molecule has 17 heavy (non-hydrogen) atoms. The molecule has 8 nitrogen and oxygen atoms in total. The summed E-state index contributed by atoms with van der Waals surface area (Å²) in [5.74, 6) is 1.11. The van der Waals surface area contributed by atoms with Gasteiger partial charge in [0.2, 0.25) is 11.9 Å². The van der Waals surface area contributed by atoms with Gasteiger partial charge in [-0.3, -0.25) is 9.69 Å². The fourth-order valence-corrected chi connectivity index (χ4v) is 1.38. The van der Waals surface area contributed by atoms with Gasteiger partial charge in [0.05, 0.1) is 0 Å². The number of hydrogen-bond acceptors (Lipinski definition) is 7. The highest BCUT2D eigenvalue weighted by molar-refractivity contribution is 6.02. The van der Waals surface area contributed by atoms with Crippen molar-refractivity contribution in [2.75, 3.05) is 32.5 Å². The van der Waals surface area contributed by atoms with E-state index < -0.39 is 0 Å². The Morgan fingerprint density at radius 1 is 1.47 bits per heavy atom. The van der Waals surface area contributed by atoms with Gasteiger partial charge >= 0.3 is 6.01 Å². The first-order valence-corrected chi connectivity index (χ1v) is 5.25. The van der Waals surface area contributed by atoms with Gasteiger partial charge in [0.1, 0.15) is 6.54 Å². The number of aromatic nitrogens is 2. The predicted molar refractivity (Wildman–Crippen MR) is 60.6 cm³/mol. The second-order valence-corrected chi connectivity index (χ2v) is 3.52. The summed E-state index contributed by atoms with van der Waals surface area (Å²) >= 11 is 0. The lowest BCUT2D eigenvalue weighted by Crippen LogP contribution is -2.39. The Balaban J connectivity index is 1.78. The number of aliphatic imine (C=N–C) groups is 1. The number of carbonyl (C=O) groups excluding carboxylic acids is 1. The summed E-state index contributed by atoms with van der Waals surface area (Å²) in [4.78, 5) is 16.7. The summed E-state index contributed by atoms with van der Waals surface area (Å²) in [5.41, 5.74) is 0. The molecule has 2 heterocycles. The van der Waals surface area contributed by atoms with E-state index in [0.29, 0.717) is 30.8 Å².